The Hall–Kier alpha value is -3.39. The fraction of sp³-hybridized carbons (Fsp3) is 0.292. The van der Waals surface area contributed by atoms with Crippen LogP contribution in [0.3, 0.4) is 0 Å². The number of hydrogen-bond donors (Lipinski definition) is 2. The Balaban J connectivity index is 1.26. The minimum Gasteiger partial charge on any atom is -0.454 e. The lowest BCUT2D eigenvalue weighted by Crippen LogP contribution is -2.31. The zero-order valence-electron chi connectivity index (χ0n) is 17.6. The molecule has 7 nitrogen and oxygen atoms in total. The van der Waals surface area contributed by atoms with Crippen molar-refractivity contribution in [3.63, 3.8) is 0 Å². The summed E-state index contributed by atoms with van der Waals surface area (Å²) in [5.74, 6) is 0.865. The number of fused-ring (bicyclic) bond motifs is 2. The van der Waals surface area contributed by atoms with Gasteiger partial charge in [-0.3, -0.25) is 14.9 Å². The second-order valence-electron chi connectivity index (χ2n) is 8.00. The van der Waals surface area contributed by atoms with E-state index in [0.29, 0.717) is 23.0 Å². The van der Waals surface area contributed by atoms with Gasteiger partial charge in [0.1, 0.15) is 0 Å². The number of hydrogen-bond acceptors (Lipinski definition) is 6. The van der Waals surface area contributed by atoms with E-state index in [9.17, 15) is 9.59 Å². The van der Waals surface area contributed by atoms with Crippen LogP contribution in [0.5, 0.6) is 11.5 Å². The van der Waals surface area contributed by atoms with Gasteiger partial charge < -0.3 is 14.8 Å². The molecule has 0 bridgehead atoms. The topological polar surface area (TPSA) is 89.6 Å². The van der Waals surface area contributed by atoms with Gasteiger partial charge in [-0.25, -0.2) is 4.98 Å². The van der Waals surface area contributed by atoms with Gasteiger partial charge in [-0.15, -0.1) is 11.3 Å². The summed E-state index contributed by atoms with van der Waals surface area (Å²) in [5, 5.41) is 6.45. The van der Waals surface area contributed by atoms with Gasteiger partial charge in [0, 0.05) is 17.0 Å². The third-order valence-electron chi connectivity index (χ3n) is 5.71. The maximum atomic E-state index is 13.0. The van der Waals surface area contributed by atoms with Gasteiger partial charge in [0.2, 0.25) is 12.7 Å². The molecular formula is C24H23N3O4S. The number of carbonyl (C=O) groups is 2. The molecule has 0 saturated carbocycles. The van der Waals surface area contributed by atoms with Crippen molar-refractivity contribution in [3.05, 3.63) is 69.7 Å². The van der Waals surface area contributed by atoms with Crippen LogP contribution in [0.2, 0.25) is 0 Å². The maximum Gasteiger partial charge on any atom is 0.257 e. The van der Waals surface area contributed by atoms with E-state index >= 15 is 0 Å². The van der Waals surface area contributed by atoms with E-state index in [1.807, 2.05) is 37.3 Å². The lowest BCUT2D eigenvalue weighted by atomic mass is 9.90. The Morgan fingerprint density at radius 1 is 1.12 bits per heavy atom. The van der Waals surface area contributed by atoms with Crippen molar-refractivity contribution in [1.29, 1.82) is 0 Å². The molecule has 164 valence electrons. The van der Waals surface area contributed by atoms with E-state index in [2.05, 4.69) is 15.6 Å². The molecule has 1 aliphatic carbocycles. The monoisotopic (exact) mass is 449 g/mol. The number of rotatable bonds is 5. The molecule has 2 aromatic carbocycles. The molecule has 32 heavy (non-hydrogen) atoms. The van der Waals surface area contributed by atoms with E-state index in [1.165, 1.54) is 11.3 Å². The maximum absolute atomic E-state index is 13.0. The van der Waals surface area contributed by atoms with E-state index in [-0.39, 0.29) is 24.5 Å². The van der Waals surface area contributed by atoms with Crippen LogP contribution < -0.4 is 20.1 Å². The molecule has 3 aromatic rings. The van der Waals surface area contributed by atoms with Crippen LogP contribution in [0.25, 0.3) is 0 Å². The van der Waals surface area contributed by atoms with Gasteiger partial charge in [-0.1, -0.05) is 23.8 Å². The average molecular weight is 450 g/mol. The molecule has 1 unspecified atom stereocenters. The van der Waals surface area contributed by atoms with Gasteiger partial charge >= 0.3 is 0 Å². The molecule has 0 spiro atoms. The summed E-state index contributed by atoms with van der Waals surface area (Å²) in [7, 11) is 0. The largest absolute Gasteiger partial charge is 0.454 e. The summed E-state index contributed by atoms with van der Waals surface area (Å²) in [4.78, 5) is 31.2. The predicted molar refractivity (Wildman–Crippen MR) is 121 cm³/mol. The van der Waals surface area contributed by atoms with E-state index in [0.717, 1.165) is 46.7 Å². The second kappa shape index (κ2) is 8.63. The molecule has 1 aliphatic heterocycles. The second-order valence-corrected chi connectivity index (χ2v) is 9.08. The highest BCUT2D eigenvalue weighted by atomic mass is 32.1. The Bertz CT molecular complexity index is 1170. The first kappa shape index (κ1) is 20.5. The number of aromatic nitrogens is 1. The number of nitrogens with zero attached hydrogens (tertiary/aromatic N) is 1. The van der Waals surface area contributed by atoms with Crippen LogP contribution in [0, 0.1) is 6.92 Å². The molecule has 0 fully saturated rings. The zero-order chi connectivity index (χ0) is 22.1. The molecule has 0 radical (unpaired) electrons. The minimum absolute atomic E-state index is 0.0506. The van der Waals surface area contributed by atoms with Crippen LogP contribution in [0.15, 0.2) is 42.5 Å². The number of carbonyl (C=O) groups excluding carboxylic acids is 2. The van der Waals surface area contributed by atoms with Crippen LogP contribution >= 0.6 is 11.3 Å². The first-order valence-corrected chi connectivity index (χ1v) is 11.4. The summed E-state index contributed by atoms with van der Waals surface area (Å²) >= 11 is 1.46. The zero-order valence-corrected chi connectivity index (χ0v) is 18.5. The Kier molecular flexibility index (Phi) is 5.53. The number of nitrogens with one attached hydrogen (secondary N) is 2. The highest BCUT2D eigenvalue weighted by Gasteiger charge is 2.30. The van der Waals surface area contributed by atoms with Crippen molar-refractivity contribution < 1.29 is 19.1 Å². The van der Waals surface area contributed by atoms with Crippen molar-refractivity contribution in [2.24, 2.45) is 0 Å². The Morgan fingerprint density at radius 2 is 1.94 bits per heavy atom. The van der Waals surface area contributed by atoms with Gasteiger partial charge in [-0.05, 0) is 56.0 Å². The molecule has 8 heteroatoms. The van der Waals surface area contributed by atoms with Crippen molar-refractivity contribution in [3.8, 4) is 11.5 Å². The van der Waals surface area contributed by atoms with Crippen LogP contribution in [0.4, 0.5) is 5.13 Å². The predicted octanol–water partition coefficient (Wildman–Crippen LogP) is 4.17. The Labute approximate surface area is 189 Å². The highest BCUT2D eigenvalue weighted by molar-refractivity contribution is 7.16. The first-order valence-electron chi connectivity index (χ1n) is 10.6. The highest BCUT2D eigenvalue weighted by Crippen LogP contribution is 2.37. The summed E-state index contributed by atoms with van der Waals surface area (Å²) in [6.45, 7) is 2.61. The number of benzene rings is 2. The SMILES string of the molecule is Cc1ccc(C(=O)Nc2nc3c(s2)CCCC3C(=O)NCc2ccc3c(c2)OCO3)cc1. The minimum atomic E-state index is -0.311. The first-order chi connectivity index (χ1) is 15.6. The third kappa shape index (κ3) is 4.18. The summed E-state index contributed by atoms with van der Waals surface area (Å²) < 4.78 is 10.7. The van der Waals surface area contributed by atoms with E-state index in [1.54, 1.807) is 12.1 Å². The standard InChI is InChI=1S/C24H23N3O4S/c1-14-5-8-16(9-6-14)22(28)27-24-26-21-17(3-2-4-20(21)32-24)23(29)25-12-15-7-10-18-19(11-15)31-13-30-18/h5-11,17H,2-4,12-13H2,1H3,(H,25,29)(H,26,27,28). The normalized spacial score (nSPS) is 16.3. The van der Waals surface area contributed by atoms with Crippen molar-refractivity contribution >= 4 is 28.3 Å². The lowest BCUT2D eigenvalue weighted by molar-refractivity contribution is -0.123. The number of aryl methyl sites for hydroxylation is 2. The molecule has 2 aliphatic rings. The third-order valence-corrected chi connectivity index (χ3v) is 6.76. The summed E-state index contributed by atoms with van der Waals surface area (Å²) in [6, 6.07) is 13.1. The molecule has 1 atom stereocenters. The van der Waals surface area contributed by atoms with Gasteiger partial charge in [-0.2, -0.15) is 0 Å². The molecule has 1 aromatic heterocycles. The number of anilines is 1. The summed E-state index contributed by atoms with van der Waals surface area (Å²) in [6.07, 6.45) is 2.54. The van der Waals surface area contributed by atoms with Gasteiger partial charge in [0.25, 0.3) is 5.91 Å². The smallest absolute Gasteiger partial charge is 0.257 e. The van der Waals surface area contributed by atoms with Gasteiger partial charge in [0.05, 0.1) is 11.6 Å². The molecule has 5 rings (SSSR count). The quantitative estimate of drug-likeness (QED) is 0.610. The van der Waals surface area contributed by atoms with E-state index < -0.39 is 0 Å². The van der Waals surface area contributed by atoms with Crippen molar-refractivity contribution in [1.82, 2.24) is 10.3 Å². The number of ether oxygens (including phenoxy) is 2. The number of amides is 2. The van der Waals surface area contributed by atoms with Gasteiger partial charge in [0.15, 0.2) is 16.6 Å². The van der Waals surface area contributed by atoms with Crippen molar-refractivity contribution in [2.45, 2.75) is 38.6 Å². The Morgan fingerprint density at radius 3 is 2.78 bits per heavy atom. The molecule has 0 saturated heterocycles. The van der Waals surface area contributed by atoms with E-state index in [4.69, 9.17) is 9.47 Å². The molecule has 2 heterocycles. The fourth-order valence-corrected chi connectivity index (χ4v) is 5.02. The summed E-state index contributed by atoms with van der Waals surface area (Å²) in [5.41, 5.74) is 3.41. The average Bonchev–Trinajstić information content (AvgIpc) is 3.43. The molecular weight excluding hydrogens is 426 g/mol. The van der Waals surface area contributed by atoms with Crippen LogP contribution in [-0.4, -0.2) is 23.6 Å². The molecule has 2 amide bonds. The van der Waals surface area contributed by atoms with Crippen LogP contribution in [-0.2, 0) is 17.8 Å². The lowest BCUT2D eigenvalue weighted by Gasteiger charge is -2.20. The fourth-order valence-electron chi connectivity index (χ4n) is 3.96. The molecule has 2 N–H and O–H groups in total. The van der Waals surface area contributed by atoms with Crippen LogP contribution in [0.1, 0.15) is 50.8 Å². The number of thiazole rings is 1. The van der Waals surface area contributed by atoms with Crippen molar-refractivity contribution in [2.75, 3.05) is 12.1 Å².